The van der Waals surface area contributed by atoms with Crippen molar-refractivity contribution in [3.05, 3.63) is 99.7 Å². The van der Waals surface area contributed by atoms with Crippen molar-refractivity contribution in [2.75, 3.05) is 17.3 Å². The van der Waals surface area contributed by atoms with Crippen LogP contribution in [0.5, 0.6) is 5.75 Å². The predicted molar refractivity (Wildman–Crippen MR) is 130 cm³/mol. The Morgan fingerprint density at radius 2 is 1.50 bits per heavy atom. The largest absolute Gasteiger partial charge is 0.497 e. The number of amides is 2. The Hall–Kier alpha value is -4.46. The van der Waals surface area contributed by atoms with Gasteiger partial charge in [0.25, 0.3) is 17.5 Å². The standard InChI is InChI=1S/C26H23N3O5/c1-16(2)17-4-8-19(9-5-17)27-24-23(18-6-10-21(11-7-18)29(32)33)25(30)28(26(24)31)20-12-14-22(34-3)15-13-20/h4-16,27H,1-3H3. The second kappa shape index (κ2) is 9.19. The third kappa shape index (κ3) is 4.25. The normalized spacial score (nSPS) is 13.6. The van der Waals surface area contributed by atoms with Gasteiger partial charge in [-0.15, -0.1) is 0 Å². The highest BCUT2D eigenvalue weighted by atomic mass is 16.6. The first-order valence-electron chi connectivity index (χ1n) is 10.7. The highest BCUT2D eigenvalue weighted by molar-refractivity contribution is 6.46. The quantitative estimate of drug-likeness (QED) is 0.300. The molecule has 3 aromatic carbocycles. The minimum absolute atomic E-state index is 0.104. The number of hydrogen-bond acceptors (Lipinski definition) is 6. The van der Waals surface area contributed by atoms with Crippen LogP contribution in [0.2, 0.25) is 0 Å². The van der Waals surface area contributed by atoms with Crippen LogP contribution in [0, 0.1) is 10.1 Å². The predicted octanol–water partition coefficient (Wildman–Crippen LogP) is 5.12. The molecule has 8 heteroatoms. The number of anilines is 2. The van der Waals surface area contributed by atoms with Crippen molar-refractivity contribution in [1.29, 1.82) is 0 Å². The second-order valence-corrected chi connectivity index (χ2v) is 8.10. The van der Waals surface area contributed by atoms with Crippen molar-refractivity contribution < 1.29 is 19.2 Å². The molecule has 0 spiro atoms. The topological polar surface area (TPSA) is 102 Å². The Morgan fingerprint density at radius 3 is 2.03 bits per heavy atom. The van der Waals surface area contributed by atoms with E-state index in [-0.39, 0.29) is 17.0 Å². The van der Waals surface area contributed by atoms with Gasteiger partial charge in [-0.25, -0.2) is 4.90 Å². The van der Waals surface area contributed by atoms with Crippen LogP contribution in [0.25, 0.3) is 5.57 Å². The molecule has 1 heterocycles. The third-order valence-corrected chi connectivity index (χ3v) is 5.63. The summed E-state index contributed by atoms with van der Waals surface area (Å²) in [6.07, 6.45) is 0. The Balaban J connectivity index is 1.77. The van der Waals surface area contributed by atoms with E-state index in [0.29, 0.717) is 28.6 Å². The van der Waals surface area contributed by atoms with E-state index in [0.717, 1.165) is 10.5 Å². The fraction of sp³-hybridized carbons (Fsp3) is 0.154. The number of imide groups is 1. The molecular weight excluding hydrogens is 434 g/mol. The zero-order valence-corrected chi connectivity index (χ0v) is 18.9. The number of nitrogens with zero attached hydrogens (tertiary/aromatic N) is 2. The minimum Gasteiger partial charge on any atom is -0.497 e. The lowest BCUT2D eigenvalue weighted by atomic mass is 10.0. The summed E-state index contributed by atoms with van der Waals surface area (Å²) in [6.45, 7) is 4.17. The molecule has 34 heavy (non-hydrogen) atoms. The van der Waals surface area contributed by atoms with E-state index in [1.165, 1.54) is 31.4 Å². The Bertz CT molecular complexity index is 1280. The van der Waals surface area contributed by atoms with Gasteiger partial charge < -0.3 is 10.1 Å². The molecule has 0 unspecified atom stereocenters. The summed E-state index contributed by atoms with van der Waals surface area (Å²) in [5.41, 5.74) is 2.73. The van der Waals surface area contributed by atoms with Gasteiger partial charge in [-0.2, -0.15) is 0 Å². The number of carbonyl (C=O) groups is 2. The van der Waals surface area contributed by atoms with E-state index in [1.807, 2.05) is 24.3 Å². The zero-order valence-electron chi connectivity index (χ0n) is 18.9. The maximum Gasteiger partial charge on any atom is 0.282 e. The Labute approximate surface area is 196 Å². The summed E-state index contributed by atoms with van der Waals surface area (Å²) in [5.74, 6) is -0.0963. The van der Waals surface area contributed by atoms with E-state index in [9.17, 15) is 19.7 Å². The summed E-state index contributed by atoms with van der Waals surface area (Å²) in [7, 11) is 1.53. The van der Waals surface area contributed by atoms with Crippen LogP contribution in [-0.4, -0.2) is 23.8 Å². The molecule has 0 bridgehead atoms. The minimum atomic E-state index is -0.523. The van der Waals surface area contributed by atoms with Crippen LogP contribution in [0.1, 0.15) is 30.9 Å². The number of nitro benzene ring substituents is 1. The molecule has 3 aromatic rings. The molecule has 1 N–H and O–H groups in total. The van der Waals surface area contributed by atoms with Crippen molar-refractivity contribution >= 4 is 34.4 Å². The molecule has 8 nitrogen and oxygen atoms in total. The average molecular weight is 457 g/mol. The molecule has 0 saturated carbocycles. The van der Waals surface area contributed by atoms with Gasteiger partial charge in [0.05, 0.1) is 23.3 Å². The van der Waals surface area contributed by atoms with Gasteiger partial charge in [0.2, 0.25) is 0 Å². The lowest BCUT2D eigenvalue weighted by Crippen LogP contribution is -2.32. The third-order valence-electron chi connectivity index (χ3n) is 5.63. The molecule has 0 fully saturated rings. The zero-order chi connectivity index (χ0) is 24.4. The fourth-order valence-corrected chi connectivity index (χ4v) is 3.72. The van der Waals surface area contributed by atoms with E-state index in [1.54, 1.807) is 24.3 Å². The van der Waals surface area contributed by atoms with Gasteiger partial charge in [0, 0.05) is 17.8 Å². The maximum absolute atomic E-state index is 13.5. The van der Waals surface area contributed by atoms with Crippen LogP contribution in [0.15, 0.2) is 78.5 Å². The van der Waals surface area contributed by atoms with Crippen molar-refractivity contribution in [1.82, 2.24) is 0 Å². The molecule has 0 atom stereocenters. The molecular formula is C26H23N3O5. The van der Waals surface area contributed by atoms with Crippen molar-refractivity contribution in [3.8, 4) is 5.75 Å². The van der Waals surface area contributed by atoms with Crippen molar-refractivity contribution in [3.63, 3.8) is 0 Å². The van der Waals surface area contributed by atoms with E-state index < -0.39 is 16.7 Å². The van der Waals surface area contributed by atoms with E-state index in [4.69, 9.17) is 4.74 Å². The van der Waals surface area contributed by atoms with Crippen LogP contribution in [0.4, 0.5) is 17.1 Å². The smallest absolute Gasteiger partial charge is 0.282 e. The number of benzene rings is 3. The second-order valence-electron chi connectivity index (χ2n) is 8.10. The van der Waals surface area contributed by atoms with Gasteiger partial charge >= 0.3 is 0 Å². The molecule has 4 rings (SSSR count). The Morgan fingerprint density at radius 1 is 0.882 bits per heavy atom. The number of methoxy groups -OCH3 is 1. The Kier molecular flexibility index (Phi) is 6.14. The molecule has 0 aromatic heterocycles. The highest BCUT2D eigenvalue weighted by Crippen LogP contribution is 2.35. The number of rotatable bonds is 7. The summed E-state index contributed by atoms with van der Waals surface area (Å²) >= 11 is 0. The molecule has 172 valence electrons. The first-order valence-corrected chi connectivity index (χ1v) is 10.7. The monoisotopic (exact) mass is 457 g/mol. The van der Waals surface area contributed by atoms with Gasteiger partial charge in [-0.1, -0.05) is 26.0 Å². The van der Waals surface area contributed by atoms with Gasteiger partial charge in [0.15, 0.2) is 0 Å². The number of nitrogens with one attached hydrogen (secondary N) is 1. The number of hydrogen-bond donors (Lipinski definition) is 1. The first kappa shape index (κ1) is 22.7. The summed E-state index contributed by atoms with van der Waals surface area (Å²) in [6, 6.07) is 19.8. The van der Waals surface area contributed by atoms with Gasteiger partial charge in [-0.05, 0) is 65.6 Å². The molecule has 2 amide bonds. The van der Waals surface area contributed by atoms with Crippen molar-refractivity contribution in [2.45, 2.75) is 19.8 Å². The van der Waals surface area contributed by atoms with Crippen LogP contribution >= 0.6 is 0 Å². The van der Waals surface area contributed by atoms with Crippen LogP contribution in [0.3, 0.4) is 0 Å². The van der Waals surface area contributed by atoms with Gasteiger partial charge in [-0.3, -0.25) is 19.7 Å². The molecule has 0 aliphatic carbocycles. The molecule has 1 aliphatic rings. The highest BCUT2D eigenvalue weighted by Gasteiger charge is 2.40. The number of non-ortho nitro benzene ring substituents is 1. The summed E-state index contributed by atoms with van der Waals surface area (Å²) in [4.78, 5) is 38.6. The lowest BCUT2D eigenvalue weighted by Gasteiger charge is -2.16. The lowest BCUT2D eigenvalue weighted by molar-refractivity contribution is -0.384. The summed E-state index contributed by atoms with van der Waals surface area (Å²) < 4.78 is 5.17. The van der Waals surface area contributed by atoms with E-state index >= 15 is 0 Å². The maximum atomic E-state index is 13.5. The van der Waals surface area contributed by atoms with Crippen LogP contribution < -0.4 is 15.0 Å². The van der Waals surface area contributed by atoms with E-state index in [2.05, 4.69) is 19.2 Å². The summed E-state index contributed by atoms with van der Waals surface area (Å²) in [5, 5.41) is 14.2. The number of carbonyl (C=O) groups excluding carboxylic acids is 2. The van der Waals surface area contributed by atoms with Crippen LogP contribution in [-0.2, 0) is 9.59 Å². The van der Waals surface area contributed by atoms with Gasteiger partial charge in [0.1, 0.15) is 11.4 Å². The molecule has 0 radical (unpaired) electrons. The fourth-order valence-electron chi connectivity index (χ4n) is 3.72. The number of ether oxygens (including phenoxy) is 1. The molecule has 1 aliphatic heterocycles. The number of nitro groups is 1. The average Bonchev–Trinajstić information content (AvgIpc) is 3.08. The van der Waals surface area contributed by atoms with Crippen molar-refractivity contribution in [2.24, 2.45) is 0 Å². The SMILES string of the molecule is COc1ccc(N2C(=O)C(Nc3ccc(C(C)C)cc3)=C(c3ccc([N+](=O)[O-])cc3)C2=O)cc1. The molecule has 0 saturated heterocycles. The first-order chi connectivity index (χ1) is 16.3.